The van der Waals surface area contributed by atoms with Gasteiger partial charge in [0.2, 0.25) is 0 Å². The fraction of sp³-hybridized carbons (Fsp3) is 0.294. The quantitative estimate of drug-likeness (QED) is 0.807. The Bertz CT molecular complexity index is 556. The van der Waals surface area contributed by atoms with Crippen molar-refractivity contribution < 1.29 is 0 Å². The van der Waals surface area contributed by atoms with Crippen LogP contribution in [0.15, 0.2) is 36.4 Å². The molecule has 20 heavy (non-hydrogen) atoms. The van der Waals surface area contributed by atoms with Crippen molar-refractivity contribution in [2.75, 3.05) is 6.54 Å². The Hall–Kier alpha value is -1.02. The molecule has 1 N–H and O–H groups in total. The number of benzene rings is 2. The fourth-order valence-corrected chi connectivity index (χ4v) is 2.57. The van der Waals surface area contributed by atoms with Crippen LogP contribution in [-0.2, 0) is 0 Å². The van der Waals surface area contributed by atoms with Gasteiger partial charge in [-0.1, -0.05) is 54.4 Å². The minimum Gasteiger partial charge on any atom is -0.307 e. The molecule has 0 amide bonds. The molecule has 0 spiro atoms. The van der Waals surface area contributed by atoms with Gasteiger partial charge in [0.05, 0.1) is 16.1 Å². The largest absolute Gasteiger partial charge is 0.307 e. The molecule has 0 heterocycles. The zero-order chi connectivity index (χ0) is 14.7. The van der Waals surface area contributed by atoms with Gasteiger partial charge in [-0.3, -0.25) is 0 Å². The van der Waals surface area contributed by atoms with Crippen LogP contribution >= 0.6 is 23.2 Å². The maximum absolute atomic E-state index is 6.14. The molecule has 0 aliphatic heterocycles. The minimum atomic E-state index is 0.133. The van der Waals surface area contributed by atoms with Gasteiger partial charge in [-0.15, -0.1) is 0 Å². The number of aryl methyl sites for hydroxylation is 2. The first-order chi connectivity index (χ1) is 9.52. The SMILES string of the molecule is CCNC(c1ccc(C)c(C)c1)c1ccc(Cl)c(Cl)c1. The van der Waals surface area contributed by atoms with Crippen molar-refractivity contribution in [1.29, 1.82) is 0 Å². The Morgan fingerprint density at radius 3 is 2.15 bits per heavy atom. The summed E-state index contributed by atoms with van der Waals surface area (Å²) in [7, 11) is 0. The van der Waals surface area contributed by atoms with Crippen LogP contribution in [0.5, 0.6) is 0 Å². The van der Waals surface area contributed by atoms with Crippen LogP contribution in [0.2, 0.25) is 10.0 Å². The van der Waals surface area contributed by atoms with Crippen LogP contribution in [0.1, 0.15) is 35.2 Å². The van der Waals surface area contributed by atoms with E-state index in [2.05, 4.69) is 44.3 Å². The first kappa shape index (κ1) is 15.4. The van der Waals surface area contributed by atoms with E-state index in [1.54, 1.807) is 0 Å². The smallest absolute Gasteiger partial charge is 0.0595 e. The molecule has 0 fully saturated rings. The fourth-order valence-electron chi connectivity index (χ4n) is 2.27. The summed E-state index contributed by atoms with van der Waals surface area (Å²) >= 11 is 12.1. The summed E-state index contributed by atoms with van der Waals surface area (Å²) in [4.78, 5) is 0. The second kappa shape index (κ2) is 6.62. The molecule has 1 atom stereocenters. The van der Waals surface area contributed by atoms with Gasteiger partial charge in [0.1, 0.15) is 0 Å². The summed E-state index contributed by atoms with van der Waals surface area (Å²) in [5.74, 6) is 0. The standard InChI is InChI=1S/C17H19Cl2N/c1-4-20-17(13-6-5-11(2)12(3)9-13)14-7-8-15(18)16(19)10-14/h5-10,17,20H,4H2,1-3H3. The molecule has 2 rings (SSSR count). The summed E-state index contributed by atoms with van der Waals surface area (Å²) in [5.41, 5.74) is 4.97. The van der Waals surface area contributed by atoms with Gasteiger partial charge in [-0.25, -0.2) is 0 Å². The lowest BCUT2D eigenvalue weighted by molar-refractivity contribution is 0.630. The third-order valence-electron chi connectivity index (χ3n) is 3.55. The van der Waals surface area contributed by atoms with E-state index in [9.17, 15) is 0 Å². The molecule has 0 aliphatic rings. The van der Waals surface area contributed by atoms with Crippen molar-refractivity contribution in [2.45, 2.75) is 26.8 Å². The Morgan fingerprint density at radius 1 is 0.900 bits per heavy atom. The number of hydrogen-bond acceptors (Lipinski definition) is 1. The van der Waals surface area contributed by atoms with Gasteiger partial charge in [-0.05, 0) is 54.8 Å². The number of nitrogens with one attached hydrogen (secondary N) is 1. The van der Waals surface area contributed by atoms with E-state index in [0.717, 1.165) is 12.1 Å². The van der Waals surface area contributed by atoms with Gasteiger partial charge in [-0.2, -0.15) is 0 Å². The van der Waals surface area contributed by atoms with E-state index in [1.807, 2.05) is 18.2 Å². The molecule has 1 unspecified atom stereocenters. The molecule has 2 aromatic rings. The highest BCUT2D eigenvalue weighted by atomic mass is 35.5. The molecule has 0 saturated carbocycles. The highest BCUT2D eigenvalue weighted by Gasteiger charge is 2.14. The maximum Gasteiger partial charge on any atom is 0.0595 e. The van der Waals surface area contributed by atoms with Crippen LogP contribution in [0.4, 0.5) is 0 Å². The van der Waals surface area contributed by atoms with Crippen LogP contribution in [0.25, 0.3) is 0 Å². The predicted octanol–water partition coefficient (Wildman–Crippen LogP) is 5.31. The Balaban J connectivity index is 2.44. The molecule has 0 saturated heterocycles. The lowest BCUT2D eigenvalue weighted by Crippen LogP contribution is -2.22. The second-order valence-electron chi connectivity index (χ2n) is 5.01. The van der Waals surface area contributed by atoms with Gasteiger partial charge in [0, 0.05) is 0 Å². The van der Waals surface area contributed by atoms with E-state index in [-0.39, 0.29) is 6.04 Å². The Kier molecular flexibility index (Phi) is 5.09. The van der Waals surface area contributed by atoms with E-state index >= 15 is 0 Å². The van der Waals surface area contributed by atoms with E-state index in [0.29, 0.717) is 10.0 Å². The van der Waals surface area contributed by atoms with Crippen molar-refractivity contribution in [1.82, 2.24) is 5.32 Å². The molecule has 0 aromatic heterocycles. The van der Waals surface area contributed by atoms with Gasteiger partial charge >= 0.3 is 0 Å². The van der Waals surface area contributed by atoms with Crippen molar-refractivity contribution in [2.24, 2.45) is 0 Å². The number of halogens is 2. The number of rotatable bonds is 4. The van der Waals surface area contributed by atoms with E-state index in [1.165, 1.54) is 16.7 Å². The van der Waals surface area contributed by atoms with Crippen molar-refractivity contribution in [3.8, 4) is 0 Å². The molecule has 2 aromatic carbocycles. The second-order valence-corrected chi connectivity index (χ2v) is 5.82. The van der Waals surface area contributed by atoms with Crippen molar-refractivity contribution in [3.05, 3.63) is 68.7 Å². The van der Waals surface area contributed by atoms with Crippen LogP contribution in [-0.4, -0.2) is 6.54 Å². The van der Waals surface area contributed by atoms with Crippen LogP contribution in [0, 0.1) is 13.8 Å². The van der Waals surface area contributed by atoms with Gasteiger partial charge in [0.25, 0.3) is 0 Å². The summed E-state index contributed by atoms with van der Waals surface area (Å²) in [6.45, 7) is 7.25. The molecular weight excluding hydrogens is 289 g/mol. The van der Waals surface area contributed by atoms with Gasteiger partial charge < -0.3 is 5.32 Å². The van der Waals surface area contributed by atoms with Crippen LogP contribution < -0.4 is 5.32 Å². The van der Waals surface area contributed by atoms with E-state index < -0.39 is 0 Å². The first-order valence-corrected chi connectivity index (χ1v) is 7.54. The molecule has 0 bridgehead atoms. The zero-order valence-electron chi connectivity index (χ0n) is 12.0. The summed E-state index contributed by atoms with van der Waals surface area (Å²) in [6, 6.07) is 12.5. The average molecular weight is 308 g/mol. The summed E-state index contributed by atoms with van der Waals surface area (Å²) < 4.78 is 0. The van der Waals surface area contributed by atoms with E-state index in [4.69, 9.17) is 23.2 Å². The summed E-state index contributed by atoms with van der Waals surface area (Å²) in [5, 5.41) is 4.69. The zero-order valence-corrected chi connectivity index (χ0v) is 13.5. The Labute approximate surface area is 130 Å². The third-order valence-corrected chi connectivity index (χ3v) is 4.29. The average Bonchev–Trinajstić information content (AvgIpc) is 2.43. The van der Waals surface area contributed by atoms with Crippen molar-refractivity contribution >= 4 is 23.2 Å². The molecule has 106 valence electrons. The molecule has 1 nitrogen and oxygen atoms in total. The molecule has 3 heteroatoms. The minimum absolute atomic E-state index is 0.133. The predicted molar refractivity (Wildman–Crippen MR) is 87.9 cm³/mol. The maximum atomic E-state index is 6.14. The van der Waals surface area contributed by atoms with Crippen molar-refractivity contribution in [3.63, 3.8) is 0 Å². The highest BCUT2D eigenvalue weighted by molar-refractivity contribution is 6.42. The highest BCUT2D eigenvalue weighted by Crippen LogP contribution is 2.29. The number of hydrogen-bond donors (Lipinski definition) is 1. The Morgan fingerprint density at radius 2 is 1.55 bits per heavy atom. The third kappa shape index (κ3) is 3.35. The lowest BCUT2D eigenvalue weighted by Gasteiger charge is -2.20. The molecule has 0 radical (unpaired) electrons. The van der Waals surface area contributed by atoms with Gasteiger partial charge in [0.15, 0.2) is 0 Å². The normalized spacial score (nSPS) is 12.4. The summed E-state index contributed by atoms with van der Waals surface area (Å²) in [6.07, 6.45) is 0. The monoisotopic (exact) mass is 307 g/mol. The van der Waals surface area contributed by atoms with Crippen LogP contribution in [0.3, 0.4) is 0 Å². The first-order valence-electron chi connectivity index (χ1n) is 6.78. The molecular formula is C17H19Cl2N. The lowest BCUT2D eigenvalue weighted by atomic mass is 9.95. The topological polar surface area (TPSA) is 12.0 Å². The molecule has 0 aliphatic carbocycles.